The maximum Gasteiger partial charge on any atom is 0.311 e. The molecule has 21 heavy (non-hydrogen) atoms. The fraction of sp³-hybridized carbons (Fsp3) is 0.133. The van der Waals surface area contributed by atoms with Crippen LogP contribution in [0.3, 0.4) is 0 Å². The zero-order chi connectivity index (χ0) is 15.6. The lowest BCUT2D eigenvalue weighted by Crippen LogP contribution is -2.02. The van der Waals surface area contributed by atoms with Crippen LogP contribution in [0.2, 0.25) is 0 Å². The lowest BCUT2D eigenvalue weighted by molar-refractivity contribution is -0.385. The molecule has 0 fully saturated rings. The Kier molecular flexibility index (Phi) is 3.98. The predicted octanol–water partition coefficient (Wildman–Crippen LogP) is 4.04. The van der Waals surface area contributed by atoms with Gasteiger partial charge in [0.15, 0.2) is 5.78 Å². The molecule has 2 aromatic rings. The van der Waals surface area contributed by atoms with Gasteiger partial charge in [0.25, 0.3) is 0 Å². The summed E-state index contributed by atoms with van der Waals surface area (Å²) in [7, 11) is 0. The van der Waals surface area contributed by atoms with Crippen molar-refractivity contribution in [3.05, 3.63) is 63.5 Å². The first kappa shape index (κ1) is 14.6. The second-order valence-corrected chi connectivity index (χ2v) is 4.50. The number of hydrogen-bond donors (Lipinski definition) is 0. The molecule has 108 valence electrons. The molecule has 0 N–H and O–H groups in total. The fourth-order valence-electron chi connectivity index (χ4n) is 1.90. The summed E-state index contributed by atoms with van der Waals surface area (Å²) in [5.74, 6) is -1.32. The summed E-state index contributed by atoms with van der Waals surface area (Å²) in [5, 5.41) is 11.0. The molecule has 0 unspecified atom stereocenters. The average Bonchev–Trinajstić information content (AvgIpc) is 2.37. The van der Waals surface area contributed by atoms with Crippen LogP contribution in [0, 0.1) is 22.9 Å². The van der Waals surface area contributed by atoms with Gasteiger partial charge in [0, 0.05) is 6.07 Å². The minimum atomic E-state index is -0.727. The summed E-state index contributed by atoms with van der Waals surface area (Å²) in [6, 6.07) is 8.24. The molecule has 0 aliphatic carbocycles. The van der Waals surface area contributed by atoms with Gasteiger partial charge in [0.1, 0.15) is 11.6 Å². The van der Waals surface area contributed by atoms with Crippen molar-refractivity contribution in [2.24, 2.45) is 0 Å². The van der Waals surface area contributed by atoms with E-state index >= 15 is 0 Å². The van der Waals surface area contributed by atoms with Gasteiger partial charge in [0.05, 0.1) is 10.5 Å². The minimum absolute atomic E-state index is 0.0342. The Labute approximate surface area is 120 Å². The summed E-state index contributed by atoms with van der Waals surface area (Å²) in [6.45, 7) is 2.95. The Balaban J connectivity index is 2.53. The van der Waals surface area contributed by atoms with E-state index in [1.54, 1.807) is 13.0 Å². The number of nitrogens with zero attached hydrogens (tertiary/aromatic N) is 1. The normalized spacial score (nSPS) is 10.2. The van der Waals surface area contributed by atoms with Gasteiger partial charge in [-0.2, -0.15) is 0 Å². The molecule has 0 atom stereocenters. The van der Waals surface area contributed by atoms with Gasteiger partial charge >= 0.3 is 5.69 Å². The van der Waals surface area contributed by atoms with Crippen LogP contribution in [-0.2, 0) is 0 Å². The second-order valence-electron chi connectivity index (χ2n) is 4.50. The number of hydrogen-bond acceptors (Lipinski definition) is 4. The lowest BCUT2D eigenvalue weighted by atomic mass is 10.1. The summed E-state index contributed by atoms with van der Waals surface area (Å²) < 4.78 is 19.1. The third-order valence-corrected chi connectivity index (χ3v) is 2.86. The van der Waals surface area contributed by atoms with Gasteiger partial charge in [-0.1, -0.05) is 12.1 Å². The first-order valence-corrected chi connectivity index (χ1v) is 6.12. The van der Waals surface area contributed by atoms with Crippen LogP contribution in [0.25, 0.3) is 0 Å². The van der Waals surface area contributed by atoms with E-state index in [9.17, 15) is 19.3 Å². The van der Waals surface area contributed by atoms with Crippen molar-refractivity contribution < 1.29 is 18.8 Å². The Morgan fingerprint density at radius 3 is 2.57 bits per heavy atom. The number of halogens is 1. The van der Waals surface area contributed by atoms with Crippen molar-refractivity contribution in [3.8, 4) is 11.5 Å². The number of aryl methyl sites for hydroxylation is 1. The molecule has 5 nitrogen and oxygen atoms in total. The molecule has 0 saturated heterocycles. The smallest absolute Gasteiger partial charge is 0.311 e. The van der Waals surface area contributed by atoms with Crippen LogP contribution >= 0.6 is 0 Å². The largest absolute Gasteiger partial charge is 0.449 e. The number of nitro benzene ring substituents is 1. The number of Topliss-reactive ketones (excluding diaryl/α,β-unsaturated/α-hetero) is 1. The molecule has 0 aliphatic rings. The van der Waals surface area contributed by atoms with E-state index in [0.717, 1.165) is 11.6 Å². The Morgan fingerprint density at radius 2 is 1.95 bits per heavy atom. The topological polar surface area (TPSA) is 69.4 Å². The van der Waals surface area contributed by atoms with Crippen LogP contribution in [0.1, 0.15) is 22.8 Å². The molecular formula is C15H12FNO4. The SMILES string of the molecule is CC(=O)c1c(F)cccc1Oc1cc(C)ccc1[N+](=O)[O-]. The van der Waals surface area contributed by atoms with Crippen molar-refractivity contribution in [2.75, 3.05) is 0 Å². The molecule has 2 aromatic carbocycles. The molecule has 0 spiro atoms. The molecular weight excluding hydrogens is 277 g/mol. The highest BCUT2D eigenvalue weighted by Gasteiger charge is 2.20. The zero-order valence-electron chi connectivity index (χ0n) is 11.4. The van der Waals surface area contributed by atoms with Crippen LogP contribution in [0.15, 0.2) is 36.4 Å². The number of nitro groups is 1. The Hall–Kier alpha value is -2.76. The quantitative estimate of drug-likeness (QED) is 0.484. The first-order valence-electron chi connectivity index (χ1n) is 6.12. The van der Waals surface area contributed by atoms with Crippen molar-refractivity contribution in [1.82, 2.24) is 0 Å². The highest BCUT2D eigenvalue weighted by Crippen LogP contribution is 2.34. The summed E-state index contributed by atoms with van der Waals surface area (Å²) in [4.78, 5) is 21.9. The molecule has 0 aromatic heterocycles. The summed E-state index contributed by atoms with van der Waals surface area (Å²) in [5.41, 5.74) is 0.268. The first-order chi connectivity index (χ1) is 9.90. The standard InChI is InChI=1S/C15H12FNO4/c1-9-6-7-12(17(19)20)14(8-9)21-13-5-3-4-11(16)15(13)10(2)18/h3-8H,1-2H3. The summed E-state index contributed by atoms with van der Waals surface area (Å²) >= 11 is 0. The third-order valence-electron chi connectivity index (χ3n) is 2.86. The summed E-state index contributed by atoms with van der Waals surface area (Å²) in [6.07, 6.45) is 0. The predicted molar refractivity (Wildman–Crippen MR) is 74.3 cm³/mol. The number of benzene rings is 2. The maximum atomic E-state index is 13.7. The molecule has 0 radical (unpaired) electrons. The van der Waals surface area contributed by atoms with E-state index in [2.05, 4.69) is 0 Å². The van der Waals surface area contributed by atoms with Crippen LogP contribution in [0.5, 0.6) is 11.5 Å². The van der Waals surface area contributed by atoms with Gasteiger partial charge < -0.3 is 4.74 Å². The minimum Gasteiger partial charge on any atom is -0.449 e. The van der Waals surface area contributed by atoms with Crippen LogP contribution in [0.4, 0.5) is 10.1 Å². The van der Waals surface area contributed by atoms with E-state index in [0.29, 0.717) is 0 Å². The molecule has 2 rings (SSSR count). The van der Waals surface area contributed by atoms with Gasteiger partial charge in [-0.05, 0) is 37.6 Å². The van der Waals surface area contributed by atoms with E-state index in [4.69, 9.17) is 4.74 Å². The molecule has 0 saturated carbocycles. The number of ether oxygens (including phenoxy) is 1. The van der Waals surface area contributed by atoms with Crippen molar-refractivity contribution in [2.45, 2.75) is 13.8 Å². The van der Waals surface area contributed by atoms with Crippen LogP contribution < -0.4 is 4.74 Å². The van der Waals surface area contributed by atoms with E-state index in [1.807, 2.05) is 0 Å². The second kappa shape index (κ2) is 5.70. The average molecular weight is 289 g/mol. The molecule has 0 bridgehead atoms. The van der Waals surface area contributed by atoms with Crippen LogP contribution in [-0.4, -0.2) is 10.7 Å². The third kappa shape index (κ3) is 3.05. The zero-order valence-corrected chi connectivity index (χ0v) is 11.4. The number of ketones is 1. The van der Waals surface area contributed by atoms with Gasteiger partial charge in [-0.15, -0.1) is 0 Å². The highest BCUT2D eigenvalue weighted by molar-refractivity contribution is 5.97. The van der Waals surface area contributed by atoms with E-state index in [1.165, 1.54) is 31.2 Å². The molecule has 0 heterocycles. The highest BCUT2D eigenvalue weighted by atomic mass is 19.1. The number of carbonyl (C=O) groups is 1. The van der Waals surface area contributed by atoms with E-state index in [-0.39, 0.29) is 22.7 Å². The fourth-order valence-corrected chi connectivity index (χ4v) is 1.90. The lowest BCUT2D eigenvalue weighted by Gasteiger charge is -2.10. The molecule has 0 aliphatic heterocycles. The van der Waals surface area contributed by atoms with Crippen molar-refractivity contribution >= 4 is 11.5 Å². The number of rotatable bonds is 4. The molecule has 6 heteroatoms. The Morgan fingerprint density at radius 1 is 1.24 bits per heavy atom. The monoisotopic (exact) mass is 289 g/mol. The number of carbonyl (C=O) groups excluding carboxylic acids is 1. The van der Waals surface area contributed by atoms with E-state index < -0.39 is 16.5 Å². The van der Waals surface area contributed by atoms with Crippen molar-refractivity contribution in [3.63, 3.8) is 0 Å². The van der Waals surface area contributed by atoms with Gasteiger partial charge in [-0.3, -0.25) is 14.9 Å². The van der Waals surface area contributed by atoms with Gasteiger partial charge in [0.2, 0.25) is 5.75 Å². The Bertz CT molecular complexity index is 728. The van der Waals surface area contributed by atoms with Crippen molar-refractivity contribution in [1.29, 1.82) is 0 Å². The maximum absolute atomic E-state index is 13.7. The molecule has 0 amide bonds. The van der Waals surface area contributed by atoms with Gasteiger partial charge in [-0.25, -0.2) is 4.39 Å².